The van der Waals surface area contributed by atoms with E-state index in [0.717, 1.165) is 16.7 Å². The first kappa shape index (κ1) is 15.6. The van der Waals surface area contributed by atoms with Crippen molar-refractivity contribution in [3.63, 3.8) is 0 Å². The van der Waals surface area contributed by atoms with E-state index in [2.05, 4.69) is 5.32 Å². The van der Waals surface area contributed by atoms with E-state index in [9.17, 15) is 4.79 Å². The number of hydrogen-bond donors (Lipinski definition) is 1. The lowest BCUT2D eigenvalue weighted by atomic mass is 9.92. The zero-order valence-corrected chi connectivity index (χ0v) is 13.9. The summed E-state index contributed by atoms with van der Waals surface area (Å²) < 4.78 is 0. The lowest BCUT2D eigenvalue weighted by Crippen LogP contribution is -2.46. The highest BCUT2D eigenvalue weighted by molar-refractivity contribution is 6.30. The number of halogens is 1. The zero-order valence-electron chi connectivity index (χ0n) is 13.2. The molecular weight excluding hydrogens is 308 g/mol. The van der Waals surface area contributed by atoms with Gasteiger partial charge in [-0.3, -0.25) is 4.90 Å². The van der Waals surface area contributed by atoms with Crippen LogP contribution in [0.25, 0.3) is 5.57 Å². The first-order valence-electron chi connectivity index (χ1n) is 7.67. The van der Waals surface area contributed by atoms with Gasteiger partial charge in [-0.15, -0.1) is 0 Å². The van der Waals surface area contributed by atoms with Crippen LogP contribution in [0.2, 0.25) is 5.02 Å². The van der Waals surface area contributed by atoms with E-state index in [0.29, 0.717) is 5.02 Å². The summed E-state index contributed by atoms with van der Waals surface area (Å²) >= 11 is 6.01. The molecule has 1 aliphatic heterocycles. The van der Waals surface area contributed by atoms with Crippen LogP contribution in [0.1, 0.15) is 31.0 Å². The molecule has 2 aromatic carbocycles. The number of rotatable bonds is 3. The summed E-state index contributed by atoms with van der Waals surface area (Å²) in [5, 5.41) is 3.81. The van der Waals surface area contributed by atoms with Gasteiger partial charge in [-0.25, -0.2) is 4.79 Å². The molecular formula is C19H19ClN2O. The Hall–Kier alpha value is -2.26. The lowest BCUT2D eigenvalue weighted by molar-refractivity contribution is 0.200. The van der Waals surface area contributed by atoms with E-state index in [1.54, 1.807) is 4.90 Å². The Morgan fingerprint density at radius 1 is 1.04 bits per heavy atom. The number of hydrogen-bond acceptors (Lipinski definition) is 1. The Morgan fingerprint density at radius 2 is 1.70 bits per heavy atom. The van der Waals surface area contributed by atoms with E-state index in [4.69, 9.17) is 11.6 Å². The van der Waals surface area contributed by atoms with Crippen molar-refractivity contribution in [2.45, 2.75) is 25.9 Å². The smallest absolute Gasteiger partial charge is 0.322 e. The molecule has 3 nitrogen and oxygen atoms in total. The second-order valence-electron chi connectivity index (χ2n) is 5.89. The van der Waals surface area contributed by atoms with Crippen molar-refractivity contribution in [3.8, 4) is 0 Å². The normalized spacial score (nSPS) is 17.9. The molecule has 0 aliphatic carbocycles. The van der Waals surface area contributed by atoms with Crippen molar-refractivity contribution in [1.82, 2.24) is 10.2 Å². The number of nitrogens with one attached hydrogen (secondary N) is 1. The van der Waals surface area contributed by atoms with Gasteiger partial charge >= 0.3 is 6.03 Å². The molecule has 2 amide bonds. The average Bonchev–Trinajstić information content (AvgIpc) is 2.56. The van der Waals surface area contributed by atoms with Gasteiger partial charge in [-0.05, 0) is 37.1 Å². The number of carbonyl (C=O) groups excluding carboxylic acids is 1. The third-order valence-corrected chi connectivity index (χ3v) is 4.21. The average molecular weight is 327 g/mol. The summed E-state index contributed by atoms with van der Waals surface area (Å²) in [6.07, 6.45) is 1.95. The molecule has 0 fully saturated rings. The summed E-state index contributed by atoms with van der Waals surface area (Å²) in [5.74, 6) is 0. The molecule has 4 heteroatoms. The van der Waals surface area contributed by atoms with Gasteiger partial charge in [0, 0.05) is 22.8 Å². The topological polar surface area (TPSA) is 32.3 Å². The van der Waals surface area contributed by atoms with Crippen LogP contribution in [-0.4, -0.2) is 17.0 Å². The minimum atomic E-state index is -0.167. The SMILES string of the molecule is CC(C)N1C=C(c2ccc(Cl)cc2)C(c2ccccc2)NC1=O. The largest absolute Gasteiger partial charge is 0.327 e. The van der Waals surface area contributed by atoms with Gasteiger partial charge < -0.3 is 5.32 Å². The minimum Gasteiger partial charge on any atom is -0.327 e. The molecule has 0 bridgehead atoms. The summed E-state index contributed by atoms with van der Waals surface area (Å²) in [6, 6.07) is 17.6. The number of benzene rings is 2. The quantitative estimate of drug-likeness (QED) is 0.858. The van der Waals surface area contributed by atoms with E-state index in [1.165, 1.54) is 0 Å². The first-order chi connectivity index (χ1) is 11.1. The van der Waals surface area contributed by atoms with Gasteiger partial charge in [-0.1, -0.05) is 54.1 Å². The molecule has 1 heterocycles. The molecule has 0 spiro atoms. The predicted octanol–water partition coefficient (Wildman–Crippen LogP) is 4.86. The van der Waals surface area contributed by atoms with E-state index < -0.39 is 0 Å². The number of urea groups is 1. The van der Waals surface area contributed by atoms with E-state index in [1.807, 2.05) is 74.6 Å². The van der Waals surface area contributed by atoms with Crippen molar-refractivity contribution in [3.05, 3.63) is 76.9 Å². The highest BCUT2D eigenvalue weighted by atomic mass is 35.5. The van der Waals surface area contributed by atoms with Crippen molar-refractivity contribution in [2.75, 3.05) is 0 Å². The van der Waals surface area contributed by atoms with Gasteiger partial charge in [0.25, 0.3) is 0 Å². The first-order valence-corrected chi connectivity index (χ1v) is 8.05. The second-order valence-corrected chi connectivity index (χ2v) is 6.32. The van der Waals surface area contributed by atoms with Gasteiger partial charge in [0.05, 0.1) is 6.04 Å². The van der Waals surface area contributed by atoms with E-state index in [-0.39, 0.29) is 18.1 Å². The highest BCUT2D eigenvalue weighted by Gasteiger charge is 2.29. The maximum atomic E-state index is 12.4. The summed E-state index contributed by atoms with van der Waals surface area (Å²) in [6.45, 7) is 4.00. The maximum absolute atomic E-state index is 12.4. The van der Waals surface area contributed by atoms with Crippen LogP contribution in [0.15, 0.2) is 60.8 Å². The van der Waals surface area contributed by atoms with Crippen LogP contribution in [0, 0.1) is 0 Å². The zero-order chi connectivity index (χ0) is 16.4. The van der Waals surface area contributed by atoms with Crippen LogP contribution in [-0.2, 0) is 0 Å². The Bertz CT molecular complexity index is 723. The third-order valence-electron chi connectivity index (χ3n) is 3.96. The van der Waals surface area contributed by atoms with Gasteiger partial charge in [-0.2, -0.15) is 0 Å². The fourth-order valence-corrected chi connectivity index (χ4v) is 2.86. The summed E-state index contributed by atoms with van der Waals surface area (Å²) in [5.41, 5.74) is 3.17. The van der Waals surface area contributed by atoms with Crippen molar-refractivity contribution < 1.29 is 4.79 Å². The van der Waals surface area contributed by atoms with Crippen LogP contribution in [0.3, 0.4) is 0 Å². The molecule has 2 aromatic rings. The molecule has 0 saturated heterocycles. The van der Waals surface area contributed by atoms with Crippen molar-refractivity contribution in [2.24, 2.45) is 0 Å². The van der Waals surface area contributed by atoms with Crippen LogP contribution in [0.5, 0.6) is 0 Å². The van der Waals surface area contributed by atoms with Gasteiger partial charge in [0.1, 0.15) is 0 Å². The monoisotopic (exact) mass is 326 g/mol. The van der Waals surface area contributed by atoms with Crippen LogP contribution >= 0.6 is 11.6 Å². The molecule has 23 heavy (non-hydrogen) atoms. The lowest BCUT2D eigenvalue weighted by Gasteiger charge is -2.34. The van der Waals surface area contributed by atoms with Crippen molar-refractivity contribution >= 4 is 23.2 Å². The van der Waals surface area contributed by atoms with Crippen LogP contribution in [0.4, 0.5) is 4.79 Å². The fourth-order valence-electron chi connectivity index (χ4n) is 2.73. The van der Waals surface area contributed by atoms with E-state index >= 15 is 0 Å². The highest BCUT2D eigenvalue weighted by Crippen LogP contribution is 2.34. The number of amides is 2. The molecule has 1 atom stereocenters. The molecule has 0 radical (unpaired) electrons. The minimum absolute atomic E-state index is 0.0773. The summed E-state index contributed by atoms with van der Waals surface area (Å²) in [7, 11) is 0. The Balaban J connectivity index is 2.08. The molecule has 3 rings (SSSR count). The Kier molecular flexibility index (Phi) is 4.39. The molecule has 118 valence electrons. The predicted molar refractivity (Wildman–Crippen MR) is 94.1 cm³/mol. The van der Waals surface area contributed by atoms with Crippen molar-refractivity contribution in [1.29, 1.82) is 0 Å². The van der Waals surface area contributed by atoms with Gasteiger partial charge in [0.15, 0.2) is 0 Å². The Labute approximate surface area is 141 Å². The Morgan fingerprint density at radius 3 is 2.30 bits per heavy atom. The fraction of sp³-hybridized carbons (Fsp3) is 0.211. The van der Waals surface area contributed by atoms with Gasteiger partial charge in [0.2, 0.25) is 0 Å². The summed E-state index contributed by atoms with van der Waals surface area (Å²) in [4.78, 5) is 14.1. The molecule has 0 saturated carbocycles. The molecule has 0 aromatic heterocycles. The number of carbonyl (C=O) groups is 1. The van der Waals surface area contributed by atoms with Crippen LogP contribution < -0.4 is 5.32 Å². The maximum Gasteiger partial charge on any atom is 0.322 e. The second kappa shape index (κ2) is 6.47. The molecule has 1 aliphatic rings. The third kappa shape index (κ3) is 3.25. The standard InChI is InChI=1S/C19H19ClN2O/c1-13(2)22-12-17(14-8-10-16(20)11-9-14)18(21-19(22)23)15-6-4-3-5-7-15/h3-13,18H,1-2H3,(H,21,23). The molecule has 1 unspecified atom stereocenters. The number of nitrogens with zero attached hydrogens (tertiary/aromatic N) is 1. The molecule has 1 N–H and O–H groups in total.